The van der Waals surface area contributed by atoms with Gasteiger partial charge in [0.15, 0.2) is 0 Å². The fourth-order valence-corrected chi connectivity index (χ4v) is 18.5. The first kappa shape index (κ1) is 38.7. The Morgan fingerprint density at radius 3 is 2.11 bits per heavy atom. The van der Waals surface area contributed by atoms with E-state index in [0.717, 1.165) is 0 Å². The molecule has 14 aliphatic rings. The maximum Gasteiger partial charge on any atom is 0.251 e. The van der Waals surface area contributed by atoms with Crippen LogP contribution < -0.4 is 19.9 Å². The number of carbonyl (C=O) groups excluding carboxylic acids is 4. The van der Waals surface area contributed by atoms with Crippen molar-refractivity contribution in [3.63, 3.8) is 0 Å². The lowest BCUT2D eigenvalue weighted by molar-refractivity contribution is -0.818. The molecule has 3 N–H and O–H groups in total. The van der Waals surface area contributed by atoms with E-state index in [2.05, 4.69) is 33.0 Å². The summed E-state index contributed by atoms with van der Waals surface area (Å²) in [5, 5.41) is 33.9. The fraction of sp³-hybridized carbons (Fsp3) is 0.577. The third-order valence-electron chi connectivity index (χ3n) is 20.4. The summed E-state index contributed by atoms with van der Waals surface area (Å²) in [5.74, 6) is -1.65. The summed E-state index contributed by atoms with van der Waals surface area (Å²) in [7, 11) is 0. The molecule has 4 amide bonds. The van der Waals surface area contributed by atoms with Gasteiger partial charge in [0, 0.05) is 58.2 Å². The molecule has 66 heavy (non-hydrogen) atoms. The lowest BCUT2D eigenvalue weighted by atomic mass is 9.38. The molecule has 10 fully saturated rings. The van der Waals surface area contributed by atoms with Gasteiger partial charge < -0.3 is 45.0 Å². The summed E-state index contributed by atoms with van der Waals surface area (Å²) in [6.45, 7) is 17.2. The number of hydrogen-bond acceptors (Lipinski definition) is 8. The number of piperidine rings is 4. The van der Waals surface area contributed by atoms with Crippen molar-refractivity contribution in [2.75, 3.05) is 13.1 Å². The molecule has 11 atom stereocenters. The zero-order chi connectivity index (χ0) is 45.8. The van der Waals surface area contributed by atoms with E-state index in [1.54, 1.807) is 0 Å². The van der Waals surface area contributed by atoms with Crippen molar-refractivity contribution in [2.24, 2.45) is 17.3 Å². The minimum atomic E-state index is -1.69. The number of carbonyl (C=O) groups is 4. The Balaban J connectivity index is 1.16. The summed E-state index contributed by atoms with van der Waals surface area (Å²) >= 11 is 0. The maximum atomic E-state index is 16.8. The highest BCUT2D eigenvalue weighted by Gasteiger charge is 2.95. The predicted octanol–water partition coefficient (Wildman–Crippen LogP) is 4.59. The topological polar surface area (TPSA) is 161 Å². The molecule has 13 heterocycles. The van der Waals surface area contributed by atoms with Gasteiger partial charge in [-0.1, -0.05) is 27.7 Å². The van der Waals surface area contributed by atoms with Gasteiger partial charge in [-0.3, -0.25) is 19.2 Å². The number of amides is 4. The Bertz CT molecular complexity index is 3060. The smallest absolute Gasteiger partial charge is 0.251 e. The number of ether oxygens (including phenoxy) is 2. The van der Waals surface area contributed by atoms with E-state index in [1.165, 1.54) is 4.73 Å². The Morgan fingerprint density at radius 1 is 0.773 bits per heavy atom. The molecule has 2 aromatic carbocycles. The standard InChI is InChI=1S/C52H56N6O8/c1-44(2)19-15-25-29(65-44)13-11-27-33-36-50-28-12-14-30-26(16-20-45(3,4)66-30)35(28)58(64)38(50)47(7,8)31-23-48-17-9-21-54(48)42(61)51(31,53-40(48)59)39(50)56-41(60)49-18-10-22-55(49)43(62)52(36,56)32(24-49)46(5,6)37(33)57(63)34(25)27/h11-16,19-20,31-32,36,38-39,58,63H,9-10,17-18,21-24H2,1-8H3,(H,53,59)/t31-,32-,36+,38?,39-,48-,49-,50-,51+,52+/m0/s1. The molecule has 5 spiro atoms. The summed E-state index contributed by atoms with van der Waals surface area (Å²) in [4.78, 5) is 70.6. The first-order valence-electron chi connectivity index (χ1n) is 24.3. The zero-order valence-corrected chi connectivity index (χ0v) is 38.8. The second kappa shape index (κ2) is 10.5. The SMILES string of the molecule is CC1(C)C=Cc2c(ccc3c2[NH+]([O-])C2C(C)(C)[C@@H]4C[C@]56CCCN5C(=O)[C@]4(NC6=O)[C@H]4N5C(=O)[C@@]67CCCN6C(=O)[C@@]56[C@H](c5c(n(O)c8c9c(ccc58)OC(C)(C)C=C9)C(C)(C)[C@@H]6C7)[C@@]324)O1. The summed E-state index contributed by atoms with van der Waals surface area (Å²) in [6, 6.07) is 5.83. The van der Waals surface area contributed by atoms with Crippen LogP contribution in [0.15, 0.2) is 36.4 Å². The number of nitrogens with zero attached hydrogens (tertiary/aromatic N) is 4. The van der Waals surface area contributed by atoms with E-state index in [4.69, 9.17) is 9.47 Å². The van der Waals surface area contributed by atoms with Crippen molar-refractivity contribution in [1.29, 1.82) is 0 Å². The monoisotopic (exact) mass is 892 g/mol. The fourth-order valence-electron chi connectivity index (χ4n) is 18.5. The minimum absolute atomic E-state index is 0.100. The van der Waals surface area contributed by atoms with Crippen molar-refractivity contribution >= 4 is 52.4 Å². The Labute approximate surface area is 382 Å². The number of aromatic nitrogens is 1. The molecule has 14 heteroatoms. The molecule has 3 aromatic rings. The Morgan fingerprint density at radius 2 is 1.39 bits per heavy atom. The molecule has 12 aliphatic heterocycles. The average molecular weight is 893 g/mol. The molecule has 2 aliphatic carbocycles. The van der Waals surface area contributed by atoms with E-state index in [0.29, 0.717) is 108 Å². The predicted molar refractivity (Wildman–Crippen MR) is 240 cm³/mol. The number of rotatable bonds is 0. The zero-order valence-electron chi connectivity index (χ0n) is 38.8. The van der Waals surface area contributed by atoms with E-state index < -0.39 is 79.4 Å². The minimum Gasteiger partial charge on any atom is -0.629 e. The largest absolute Gasteiger partial charge is 0.629 e. The van der Waals surface area contributed by atoms with Crippen molar-refractivity contribution < 1.29 is 38.9 Å². The molecule has 342 valence electrons. The van der Waals surface area contributed by atoms with Crippen LogP contribution in [0, 0.1) is 22.5 Å². The second-order valence-electron chi connectivity index (χ2n) is 24.6. The van der Waals surface area contributed by atoms with Gasteiger partial charge in [0.05, 0.1) is 28.2 Å². The van der Waals surface area contributed by atoms with Crippen LogP contribution in [-0.2, 0) is 30.0 Å². The number of hydrogen-bond donors (Lipinski definition) is 3. The van der Waals surface area contributed by atoms with Crippen molar-refractivity contribution in [3.05, 3.63) is 69.6 Å². The van der Waals surface area contributed by atoms with Crippen LogP contribution in [0.3, 0.4) is 0 Å². The van der Waals surface area contributed by atoms with Crippen LogP contribution in [-0.4, -0.2) is 107 Å². The second-order valence-corrected chi connectivity index (χ2v) is 24.6. The lowest BCUT2D eigenvalue weighted by Gasteiger charge is -2.71. The van der Waals surface area contributed by atoms with Gasteiger partial charge in [0.1, 0.15) is 56.6 Å². The molecule has 2 unspecified atom stereocenters. The quantitative estimate of drug-likeness (QED) is 0.218. The normalized spacial score (nSPS) is 42.7. The van der Waals surface area contributed by atoms with E-state index in [9.17, 15) is 5.21 Å². The molecule has 14 nitrogen and oxygen atoms in total. The summed E-state index contributed by atoms with van der Waals surface area (Å²) in [6.07, 6.45) is 11.0. The van der Waals surface area contributed by atoms with Gasteiger partial charge in [-0.15, -0.1) is 0 Å². The first-order valence-corrected chi connectivity index (χ1v) is 24.3. The molecule has 1 aromatic heterocycles. The molecular weight excluding hydrogens is 837 g/mol. The van der Waals surface area contributed by atoms with Gasteiger partial charge in [0.25, 0.3) is 5.91 Å². The number of benzene rings is 2. The average Bonchev–Trinajstić information content (AvgIpc) is 4.05. The van der Waals surface area contributed by atoms with Crippen LogP contribution in [0.2, 0.25) is 0 Å². The molecule has 17 rings (SSSR count). The first-order chi connectivity index (χ1) is 31.1. The Kier molecular flexibility index (Phi) is 6.18. The van der Waals surface area contributed by atoms with Gasteiger partial charge in [0.2, 0.25) is 17.7 Å². The number of fused-ring (bicyclic) bond motifs is 10. The van der Waals surface area contributed by atoms with Crippen molar-refractivity contribution in [3.8, 4) is 11.5 Å². The van der Waals surface area contributed by atoms with Gasteiger partial charge in [-0.25, -0.2) is 0 Å². The van der Waals surface area contributed by atoms with Crippen LogP contribution in [0.4, 0.5) is 5.69 Å². The van der Waals surface area contributed by atoms with Crippen LogP contribution in [0.5, 0.6) is 11.5 Å². The van der Waals surface area contributed by atoms with Gasteiger partial charge >= 0.3 is 0 Å². The Hall–Kier alpha value is -5.34. The van der Waals surface area contributed by atoms with Crippen LogP contribution in [0.25, 0.3) is 23.1 Å². The maximum absolute atomic E-state index is 16.8. The highest BCUT2D eigenvalue weighted by atomic mass is 16.5. The molecule has 4 bridgehead atoms. The number of hydroxylamine groups is 1. The third kappa shape index (κ3) is 3.45. The summed E-state index contributed by atoms with van der Waals surface area (Å²) < 4.78 is 14.5. The van der Waals surface area contributed by atoms with Crippen molar-refractivity contribution in [1.82, 2.24) is 24.7 Å². The number of quaternary nitrogens is 1. The third-order valence-corrected chi connectivity index (χ3v) is 20.4. The highest BCUT2D eigenvalue weighted by molar-refractivity contribution is 6.12. The number of nitrogens with one attached hydrogen (secondary N) is 2. The van der Waals surface area contributed by atoms with E-state index in [1.807, 2.05) is 91.0 Å². The van der Waals surface area contributed by atoms with Gasteiger partial charge in [-0.05, 0) is 120 Å². The number of piperazine rings is 2. The summed E-state index contributed by atoms with van der Waals surface area (Å²) in [5.41, 5.74) is -5.83. The van der Waals surface area contributed by atoms with Gasteiger partial charge in [-0.2, -0.15) is 4.73 Å². The molecule has 9 saturated heterocycles. The lowest BCUT2D eigenvalue weighted by Crippen LogP contribution is -3.11. The van der Waals surface area contributed by atoms with E-state index in [-0.39, 0.29) is 28.7 Å². The molecule has 0 radical (unpaired) electrons. The van der Waals surface area contributed by atoms with Crippen LogP contribution >= 0.6 is 0 Å². The molecule has 1 saturated carbocycles. The highest BCUT2D eigenvalue weighted by Crippen LogP contribution is 2.81. The van der Waals surface area contributed by atoms with Crippen LogP contribution in [0.1, 0.15) is 128 Å². The van der Waals surface area contributed by atoms with Crippen molar-refractivity contribution in [2.45, 2.75) is 156 Å². The van der Waals surface area contributed by atoms with E-state index >= 15 is 24.4 Å². The molecular formula is C52H56N6O8.